The molecular weight excluding hydrogens is 252 g/mol. The second-order valence-electron chi connectivity index (χ2n) is 3.97. The SMILES string of the molecule is Cc1nc(Cn2ccc3c(Cl)cccc32)cs1. The normalized spacial score (nSPS) is 11.2. The van der Waals surface area contributed by atoms with Crippen molar-refractivity contribution in [2.24, 2.45) is 0 Å². The van der Waals surface area contributed by atoms with Gasteiger partial charge in [-0.2, -0.15) is 0 Å². The van der Waals surface area contributed by atoms with Crippen LogP contribution in [0, 0.1) is 6.92 Å². The summed E-state index contributed by atoms with van der Waals surface area (Å²) in [5, 5.41) is 5.11. The average molecular weight is 263 g/mol. The first-order valence-corrected chi connectivity index (χ1v) is 6.64. The van der Waals surface area contributed by atoms with E-state index >= 15 is 0 Å². The van der Waals surface area contributed by atoms with Gasteiger partial charge in [-0.05, 0) is 25.1 Å². The van der Waals surface area contributed by atoms with E-state index in [0.29, 0.717) is 0 Å². The van der Waals surface area contributed by atoms with E-state index in [0.717, 1.165) is 33.2 Å². The van der Waals surface area contributed by atoms with Crippen molar-refractivity contribution >= 4 is 33.8 Å². The van der Waals surface area contributed by atoms with Crippen LogP contribution in [0.25, 0.3) is 10.9 Å². The number of fused-ring (bicyclic) bond motifs is 1. The number of hydrogen-bond donors (Lipinski definition) is 0. The Bertz CT molecular complexity index is 669. The Kier molecular flexibility index (Phi) is 2.65. The van der Waals surface area contributed by atoms with E-state index in [1.807, 2.05) is 19.1 Å². The quantitative estimate of drug-likeness (QED) is 0.680. The molecule has 0 atom stereocenters. The maximum atomic E-state index is 6.15. The molecule has 17 heavy (non-hydrogen) atoms. The number of benzene rings is 1. The fraction of sp³-hybridized carbons (Fsp3) is 0.154. The third-order valence-corrected chi connectivity index (χ3v) is 3.91. The van der Waals surface area contributed by atoms with Gasteiger partial charge in [0.15, 0.2) is 0 Å². The van der Waals surface area contributed by atoms with Crippen LogP contribution < -0.4 is 0 Å². The van der Waals surface area contributed by atoms with Crippen molar-refractivity contribution in [2.75, 3.05) is 0 Å². The van der Waals surface area contributed by atoms with Crippen LogP contribution in [0.4, 0.5) is 0 Å². The van der Waals surface area contributed by atoms with E-state index in [-0.39, 0.29) is 0 Å². The van der Waals surface area contributed by atoms with Crippen LogP contribution in [-0.4, -0.2) is 9.55 Å². The largest absolute Gasteiger partial charge is 0.341 e. The van der Waals surface area contributed by atoms with Gasteiger partial charge in [-0.15, -0.1) is 11.3 Å². The predicted molar refractivity (Wildman–Crippen MR) is 72.9 cm³/mol. The number of aromatic nitrogens is 2. The van der Waals surface area contributed by atoms with Crippen LogP contribution in [0.2, 0.25) is 5.02 Å². The summed E-state index contributed by atoms with van der Waals surface area (Å²) < 4.78 is 2.18. The van der Waals surface area contributed by atoms with Gasteiger partial charge in [0.05, 0.1) is 17.2 Å². The fourth-order valence-electron chi connectivity index (χ4n) is 1.98. The van der Waals surface area contributed by atoms with Crippen LogP contribution in [0.1, 0.15) is 10.7 Å². The standard InChI is InChI=1S/C13H11ClN2S/c1-9-15-10(8-17-9)7-16-6-5-11-12(14)3-2-4-13(11)16/h2-6,8H,7H2,1H3. The third-order valence-electron chi connectivity index (χ3n) is 2.76. The summed E-state index contributed by atoms with van der Waals surface area (Å²) in [5.74, 6) is 0. The van der Waals surface area contributed by atoms with E-state index in [4.69, 9.17) is 11.6 Å². The fourth-order valence-corrected chi connectivity index (χ4v) is 2.82. The van der Waals surface area contributed by atoms with Gasteiger partial charge in [-0.25, -0.2) is 4.98 Å². The zero-order chi connectivity index (χ0) is 11.8. The number of nitrogens with zero attached hydrogens (tertiary/aromatic N) is 2. The molecule has 3 aromatic rings. The first kappa shape index (κ1) is 10.8. The maximum Gasteiger partial charge on any atom is 0.0898 e. The number of aryl methyl sites for hydroxylation is 1. The van der Waals surface area contributed by atoms with E-state index < -0.39 is 0 Å². The summed E-state index contributed by atoms with van der Waals surface area (Å²) >= 11 is 7.83. The zero-order valence-corrected chi connectivity index (χ0v) is 10.9. The van der Waals surface area contributed by atoms with E-state index in [2.05, 4.69) is 33.3 Å². The van der Waals surface area contributed by atoms with Gasteiger partial charge in [0.25, 0.3) is 0 Å². The Labute approximate surface area is 108 Å². The highest BCUT2D eigenvalue weighted by molar-refractivity contribution is 7.09. The molecule has 2 aromatic heterocycles. The molecule has 0 radical (unpaired) electrons. The highest BCUT2D eigenvalue weighted by Crippen LogP contribution is 2.24. The van der Waals surface area contributed by atoms with Crippen molar-refractivity contribution in [3.05, 3.63) is 51.6 Å². The lowest BCUT2D eigenvalue weighted by Crippen LogP contribution is -1.97. The summed E-state index contributed by atoms with van der Waals surface area (Å²) in [4.78, 5) is 4.48. The lowest BCUT2D eigenvalue weighted by Gasteiger charge is -2.03. The molecule has 0 aliphatic rings. The molecule has 86 valence electrons. The molecule has 0 saturated carbocycles. The molecule has 0 aliphatic heterocycles. The highest BCUT2D eigenvalue weighted by Gasteiger charge is 2.05. The van der Waals surface area contributed by atoms with Gasteiger partial charge >= 0.3 is 0 Å². The molecular formula is C13H11ClN2S. The molecule has 0 bridgehead atoms. The monoisotopic (exact) mass is 262 g/mol. The molecule has 1 aromatic carbocycles. The summed E-state index contributed by atoms with van der Waals surface area (Å²) in [6.45, 7) is 2.83. The highest BCUT2D eigenvalue weighted by atomic mass is 35.5. The van der Waals surface area contributed by atoms with Crippen LogP contribution in [-0.2, 0) is 6.54 Å². The molecule has 0 spiro atoms. The second-order valence-corrected chi connectivity index (χ2v) is 5.44. The molecule has 4 heteroatoms. The Morgan fingerprint density at radius 2 is 2.24 bits per heavy atom. The average Bonchev–Trinajstić information content (AvgIpc) is 2.88. The van der Waals surface area contributed by atoms with E-state index in [9.17, 15) is 0 Å². The first-order chi connectivity index (χ1) is 8.24. The third kappa shape index (κ3) is 1.96. The Hall–Kier alpha value is -1.32. The molecule has 0 unspecified atom stereocenters. The summed E-state index contributed by atoms with van der Waals surface area (Å²) in [6.07, 6.45) is 2.06. The van der Waals surface area contributed by atoms with Crippen LogP contribution in [0.15, 0.2) is 35.8 Å². The predicted octanol–water partition coefficient (Wildman–Crippen LogP) is 4.11. The lowest BCUT2D eigenvalue weighted by atomic mass is 10.2. The maximum absolute atomic E-state index is 6.15. The van der Waals surface area contributed by atoms with Crippen LogP contribution in [0.3, 0.4) is 0 Å². The molecule has 0 saturated heterocycles. The number of thiazole rings is 1. The first-order valence-electron chi connectivity index (χ1n) is 5.38. The smallest absolute Gasteiger partial charge is 0.0898 e. The lowest BCUT2D eigenvalue weighted by molar-refractivity contribution is 0.812. The molecule has 0 fully saturated rings. The van der Waals surface area contributed by atoms with Crippen molar-refractivity contribution in [1.29, 1.82) is 0 Å². The number of halogens is 1. The minimum absolute atomic E-state index is 0.800. The van der Waals surface area contributed by atoms with E-state index in [1.165, 1.54) is 0 Å². The van der Waals surface area contributed by atoms with Gasteiger partial charge < -0.3 is 4.57 Å². The Morgan fingerprint density at radius 1 is 1.35 bits per heavy atom. The summed E-state index contributed by atoms with van der Waals surface area (Å²) in [7, 11) is 0. The van der Waals surface area contributed by atoms with Gasteiger partial charge in [-0.3, -0.25) is 0 Å². The van der Waals surface area contributed by atoms with Crippen LogP contribution >= 0.6 is 22.9 Å². The van der Waals surface area contributed by atoms with Gasteiger partial charge in [0.1, 0.15) is 0 Å². The molecule has 3 rings (SSSR count). The Morgan fingerprint density at radius 3 is 3.00 bits per heavy atom. The second kappa shape index (κ2) is 4.17. The summed E-state index contributed by atoms with van der Waals surface area (Å²) in [6, 6.07) is 8.03. The van der Waals surface area contributed by atoms with Crippen LogP contribution in [0.5, 0.6) is 0 Å². The van der Waals surface area contributed by atoms with Gasteiger partial charge in [-0.1, -0.05) is 17.7 Å². The van der Waals surface area contributed by atoms with Crippen molar-refractivity contribution in [1.82, 2.24) is 9.55 Å². The Balaban J connectivity index is 2.04. The van der Waals surface area contributed by atoms with Crippen molar-refractivity contribution in [2.45, 2.75) is 13.5 Å². The molecule has 0 aliphatic carbocycles. The molecule has 2 nitrogen and oxygen atoms in total. The molecule has 2 heterocycles. The zero-order valence-electron chi connectivity index (χ0n) is 9.35. The summed E-state index contributed by atoms with van der Waals surface area (Å²) in [5.41, 5.74) is 2.26. The number of hydrogen-bond acceptors (Lipinski definition) is 2. The van der Waals surface area contributed by atoms with Crippen molar-refractivity contribution in [3.8, 4) is 0 Å². The van der Waals surface area contributed by atoms with Gasteiger partial charge in [0.2, 0.25) is 0 Å². The minimum Gasteiger partial charge on any atom is -0.341 e. The minimum atomic E-state index is 0.800. The van der Waals surface area contributed by atoms with Crippen molar-refractivity contribution in [3.63, 3.8) is 0 Å². The molecule has 0 amide bonds. The van der Waals surface area contributed by atoms with E-state index in [1.54, 1.807) is 11.3 Å². The van der Waals surface area contributed by atoms with Crippen molar-refractivity contribution < 1.29 is 0 Å². The number of rotatable bonds is 2. The topological polar surface area (TPSA) is 17.8 Å². The van der Waals surface area contributed by atoms with Gasteiger partial charge in [0, 0.05) is 27.5 Å². The molecule has 0 N–H and O–H groups in total.